The van der Waals surface area contributed by atoms with E-state index in [2.05, 4.69) is 34.3 Å². The van der Waals surface area contributed by atoms with Crippen molar-refractivity contribution in [3.63, 3.8) is 0 Å². The van der Waals surface area contributed by atoms with Crippen molar-refractivity contribution in [2.75, 3.05) is 0 Å². The molecule has 1 N–H and O–H groups in total. The summed E-state index contributed by atoms with van der Waals surface area (Å²) in [5.74, 6) is 2.22. The third-order valence-electron chi connectivity index (χ3n) is 4.70. The van der Waals surface area contributed by atoms with Crippen LogP contribution in [0, 0.1) is 17.8 Å². The van der Waals surface area contributed by atoms with Gasteiger partial charge in [0, 0.05) is 0 Å². The molecule has 0 aromatic carbocycles. The first kappa shape index (κ1) is 20.7. The molecule has 0 bridgehead atoms. The fourth-order valence-electron chi connectivity index (χ4n) is 3.38. The van der Waals surface area contributed by atoms with Crippen molar-refractivity contribution < 1.29 is 5.11 Å². The predicted octanol–water partition coefficient (Wildman–Crippen LogP) is 6.36. The number of rotatable bonds is 13. The van der Waals surface area contributed by atoms with Gasteiger partial charge in [0.2, 0.25) is 0 Å². The lowest BCUT2D eigenvalue weighted by Crippen LogP contribution is -2.24. The van der Waals surface area contributed by atoms with Crippen molar-refractivity contribution in [2.24, 2.45) is 17.8 Å². The van der Waals surface area contributed by atoms with Gasteiger partial charge in [-0.05, 0) is 37.5 Å². The second-order valence-electron chi connectivity index (χ2n) is 7.74. The summed E-state index contributed by atoms with van der Waals surface area (Å²) in [5, 5.41) is 10.0. The first-order valence-electron chi connectivity index (χ1n) is 9.16. The van der Waals surface area contributed by atoms with Crippen molar-refractivity contribution >= 4 is 0 Å². The summed E-state index contributed by atoms with van der Waals surface area (Å²) in [6.07, 6.45) is 13.3. The quantitative estimate of drug-likeness (QED) is 0.309. The fraction of sp³-hybridized carbons (Fsp3) is 0.900. The van der Waals surface area contributed by atoms with Crippen LogP contribution in [0.4, 0.5) is 0 Å². The van der Waals surface area contributed by atoms with Crippen molar-refractivity contribution in [3.8, 4) is 0 Å². The molecule has 0 saturated carbocycles. The molecule has 21 heavy (non-hydrogen) atoms. The molecule has 0 saturated heterocycles. The van der Waals surface area contributed by atoms with E-state index in [0.29, 0.717) is 5.92 Å². The highest BCUT2D eigenvalue weighted by atomic mass is 16.3. The molecule has 0 radical (unpaired) electrons. The molecule has 0 aliphatic heterocycles. The minimum Gasteiger partial charge on any atom is -0.386 e. The van der Waals surface area contributed by atoms with Crippen molar-refractivity contribution in [3.05, 3.63) is 12.7 Å². The van der Waals surface area contributed by atoms with Crippen LogP contribution in [0.3, 0.4) is 0 Å². The highest BCUT2D eigenvalue weighted by Crippen LogP contribution is 2.26. The zero-order valence-corrected chi connectivity index (χ0v) is 15.3. The molecule has 126 valence electrons. The van der Waals surface area contributed by atoms with Crippen molar-refractivity contribution in [1.29, 1.82) is 0 Å². The van der Waals surface area contributed by atoms with Crippen LogP contribution < -0.4 is 0 Å². The van der Waals surface area contributed by atoms with Crippen LogP contribution in [0.2, 0.25) is 0 Å². The Hall–Kier alpha value is -0.300. The highest BCUT2D eigenvalue weighted by molar-refractivity contribution is 4.92. The smallest absolute Gasteiger partial charge is 0.0799 e. The van der Waals surface area contributed by atoms with E-state index in [9.17, 15) is 5.11 Å². The molecule has 0 aromatic rings. The fourth-order valence-corrected chi connectivity index (χ4v) is 3.38. The van der Waals surface area contributed by atoms with Gasteiger partial charge in [-0.1, -0.05) is 78.7 Å². The zero-order valence-electron chi connectivity index (χ0n) is 15.3. The Morgan fingerprint density at radius 3 is 2.10 bits per heavy atom. The van der Waals surface area contributed by atoms with Crippen LogP contribution in [0.1, 0.15) is 92.4 Å². The SMILES string of the molecule is C=CC(C)(O)CC(C)CC(C)CCCC(C)CCCCC. The van der Waals surface area contributed by atoms with Crippen molar-refractivity contribution in [2.45, 2.75) is 98.0 Å². The maximum Gasteiger partial charge on any atom is 0.0799 e. The van der Waals surface area contributed by atoms with Crippen LogP contribution in [0.15, 0.2) is 12.7 Å². The molecule has 0 rings (SSSR count). The lowest BCUT2D eigenvalue weighted by Gasteiger charge is -2.25. The van der Waals surface area contributed by atoms with E-state index in [4.69, 9.17) is 0 Å². The predicted molar refractivity (Wildman–Crippen MR) is 95.5 cm³/mol. The van der Waals surface area contributed by atoms with Gasteiger partial charge in [0.15, 0.2) is 0 Å². The average Bonchev–Trinajstić information content (AvgIpc) is 2.38. The van der Waals surface area contributed by atoms with Gasteiger partial charge in [0.1, 0.15) is 0 Å². The number of hydrogen-bond acceptors (Lipinski definition) is 1. The molecule has 1 nitrogen and oxygen atoms in total. The van der Waals surface area contributed by atoms with E-state index < -0.39 is 5.60 Å². The Morgan fingerprint density at radius 1 is 0.952 bits per heavy atom. The number of aliphatic hydroxyl groups is 1. The molecule has 4 unspecified atom stereocenters. The Balaban J connectivity index is 3.74. The largest absolute Gasteiger partial charge is 0.386 e. The molecule has 0 fully saturated rings. The number of hydrogen-bond donors (Lipinski definition) is 1. The topological polar surface area (TPSA) is 20.2 Å². The Morgan fingerprint density at radius 2 is 1.52 bits per heavy atom. The maximum atomic E-state index is 10.0. The molecule has 4 atom stereocenters. The van der Waals surface area contributed by atoms with Crippen LogP contribution in [-0.2, 0) is 0 Å². The van der Waals surface area contributed by atoms with E-state index in [0.717, 1.165) is 18.3 Å². The minimum absolute atomic E-state index is 0.565. The monoisotopic (exact) mass is 296 g/mol. The summed E-state index contributed by atoms with van der Waals surface area (Å²) in [6, 6.07) is 0. The van der Waals surface area contributed by atoms with E-state index in [1.165, 1.54) is 51.4 Å². The summed E-state index contributed by atoms with van der Waals surface area (Å²) >= 11 is 0. The van der Waals surface area contributed by atoms with E-state index in [1.54, 1.807) is 6.08 Å². The molecule has 0 aromatic heterocycles. The number of unbranched alkanes of at least 4 members (excludes halogenated alkanes) is 2. The summed E-state index contributed by atoms with van der Waals surface area (Å²) < 4.78 is 0. The van der Waals surface area contributed by atoms with Gasteiger partial charge >= 0.3 is 0 Å². The second kappa shape index (κ2) is 11.3. The van der Waals surface area contributed by atoms with E-state index in [-0.39, 0.29) is 0 Å². The summed E-state index contributed by atoms with van der Waals surface area (Å²) in [5.41, 5.74) is -0.701. The third kappa shape index (κ3) is 12.0. The van der Waals surface area contributed by atoms with Crippen LogP contribution in [0.5, 0.6) is 0 Å². The Kier molecular flexibility index (Phi) is 11.1. The van der Waals surface area contributed by atoms with E-state index in [1.807, 2.05) is 6.92 Å². The van der Waals surface area contributed by atoms with Gasteiger partial charge in [-0.25, -0.2) is 0 Å². The lowest BCUT2D eigenvalue weighted by atomic mass is 9.85. The summed E-state index contributed by atoms with van der Waals surface area (Å²) in [7, 11) is 0. The van der Waals surface area contributed by atoms with Crippen LogP contribution in [-0.4, -0.2) is 10.7 Å². The first-order chi connectivity index (χ1) is 9.80. The molecule has 0 spiro atoms. The van der Waals surface area contributed by atoms with Gasteiger partial charge in [-0.3, -0.25) is 0 Å². The Labute approximate surface area is 134 Å². The average molecular weight is 297 g/mol. The normalized spacial score (nSPS) is 18.8. The molecule has 0 heterocycles. The summed E-state index contributed by atoms with van der Waals surface area (Å²) in [4.78, 5) is 0. The van der Waals surface area contributed by atoms with Gasteiger partial charge in [0.25, 0.3) is 0 Å². The summed E-state index contributed by atoms with van der Waals surface area (Å²) in [6.45, 7) is 14.9. The standard InChI is InChI=1S/C20H40O/c1-7-9-10-12-17(3)13-11-14-18(4)15-19(5)16-20(6,21)8-2/h8,17-19,21H,2,7,9-16H2,1,3-6H3. The lowest BCUT2D eigenvalue weighted by molar-refractivity contribution is 0.0804. The molecule has 1 heteroatoms. The van der Waals surface area contributed by atoms with Gasteiger partial charge in [-0.15, -0.1) is 6.58 Å². The maximum absolute atomic E-state index is 10.0. The van der Waals surface area contributed by atoms with Crippen LogP contribution in [0.25, 0.3) is 0 Å². The van der Waals surface area contributed by atoms with Crippen LogP contribution >= 0.6 is 0 Å². The minimum atomic E-state index is -0.701. The van der Waals surface area contributed by atoms with Gasteiger partial charge in [-0.2, -0.15) is 0 Å². The molecule has 0 aliphatic rings. The highest BCUT2D eigenvalue weighted by Gasteiger charge is 2.20. The van der Waals surface area contributed by atoms with Gasteiger partial charge < -0.3 is 5.11 Å². The van der Waals surface area contributed by atoms with Crippen molar-refractivity contribution in [1.82, 2.24) is 0 Å². The zero-order chi connectivity index (χ0) is 16.3. The molecule has 0 aliphatic carbocycles. The third-order valence-corrected chi connectivity index (χ3v) is 4.70. The first-order valence-corrected chi connectivity index (χ1v) is 9.16. The molecular formula is C20H40O. The van der Waals surface area contributed by atoms with Gasteiger partial charge in [0.05, 0.1) is 5.60 Å². The molecular weight excluding hydrogens is 256 g/mol. The molecule has 0 amide bonds. The second-order valence-corrected chi connectivity index (χ2v) is 7.74. The van der Waals surface area contributed by atoms with E-state index >= 15 is 0 Å². The Bertz CT molecular complexity index is 257.